The zero-order valence-electron chi connectivity index (χ0n) is 13.3. The van der Waals surface area contributed by atoms with Gasteiger partial charge in [-0.3, -0.25) is 4.79 Å². The largest absolute Gasteiger partial charge is 0.481 e. The van der Waals surface area contributed by atoms with Crippen LogP contribution < -0.4 is 5.32 Å². The summed E-state index contributed by atoms with van der Waals surface area (Å²) in [7, 11) is 0. The Kier molecular flexibility index (Phi) is 5.05. The third-order valence-electron chi connectivity index (χ3n) is 3.57. The maximum Gasteiger partial charge on any atom is 0.317 e. The van der Waals surface area contributed by atoms with Gasteiger partial charge in [-0.1, -0.05) is 34.6 Å². The third kappa shape index (κ3) is 5.80. The first-order chi connectivity index (χ1) is 8.98. The summed E-state index contributed by atoms with van der Waals surface area (Å²) in [5.41, 5.74) is 0.140. The van der Waals surface area contributed by atoms with E-state index in [1.807, 2.05) is 20.8 Å². The molecule has 1 aliphatic heterocycles. The summed E-state index contributed by atoms with van der Waals surface area (Å²) in [6, 6.07) is -0.449. The standard InChI is InChI=1S/C15H28N2O3/c1-14(2,3)9-11(8-12(18)19)16-13(20)17-7-6-15(4,5)10-17/h11H,6-10H2,1-5H3,(H,16,20)(H,18,19). The van der Waals surface area contributed by atoms with E-state index in [0.29, 0.717) is 6.42 Å². The van der Waals surface area contributed by atoms with Crippen molar-refractivity contribution in [2.24, 2.45) is 10.8 Å². The van der Waals surface area contributed by atoms with Gasteiger partial charge in [-0.05, 0) is 23.7 Å². The molecule has 0 radical (unpaired) electrons. The van der Waals surface area contributed by atoms with Crippen molar-refractivity contribution in [2.75, 3.05) is 13.1 Å². The fraction of sp³-hybridized carbons (Fsp3) is 0.867. The lowest BCUT2D eigenvalue weighted by atomic mass is 9.87. The van der Waals surface area contributed by atoms with Crippen molar-refractivity contribution in [1.82, 2.24) is 10.2 Å². The van der Waals surface area contributed by atoms with Crippen molar-refractivity contribution in [3.8, 4) is 0 Å². The van der Waals surface area contributed by atoms with Gasteiger partial charge in [-0.2, -0.15) is 0 Å². The molecule has 1 heterocycles. The normalized spacial score (nSPS) is 19.8. The Labute approximate surface area is 121 Å². The van der Waals surface area contributed by atoms with E-state index in [-0.39, 0.29) is 29.3 Å². The summed E-state index contributed by atoms with van der Waals surface area (Å²) in [5.74, 6) is -0.874. The van der Waals surface area contributed by atoms with Crippen LogP contribution in [0.4, 0.5) is 4.79 Å². The minimum Gasteiger partial charge on any atom is -0.481 e. The van der Waals surface area contributed by atoms with Crippen LogP contribution in [-0.4, -0.2) is 41.1 Å². The summed E-state index contributed by atoms with van der Waals surface area (Å²) in [6.07, 6.45) is 1.62. The molecule has 0 aromatic heterocycles. The van der Waals surface area contributed by atoms with Crippen molar-refractivity contribution in [3.05, 3.63) is 0 Å². The number of carbonyl (C=O) groups is 2. The molecule has 0 spiro atoms. The van der Waals surface area contributed by atoms with Crippen molar-refractivity contribution in [1.29, 1.82) is 0 Å². The van der Waals surface area contributed by atoms with Crippen LogP contribution >= 0.6 is 0 Å². The Morgan fingerprint density at radius 1 is 1.35 bits per heavy atom. The molecule has 1 aliphatic rings. The Balaban J connectivity index is 2.60. The molecule has 1 fully saturated rings. The Morgan fingerprint density at radius 3 is 2.35 bits per heavy atom. The molecule has 1 rings (SSSR count). The van der Waals surface area contributed by atoms with Gasteiger partial charge in [-0.15, -0.1) is 0 Å². The highest BCUT2D eigenvalue weighted by molar-refractivity contribution is 5.76. The number of rotatable bonds is 4. The molecule has 0 bridgehead atoms. The van der Waals surface area contributed by atoms with Gasteiger partial charge in [0.1, 0.15) is 0 Å². The molecule has 0 aromatic rings. The number of amides is 2. The molecule has 0 aliphatic carbocycles. The van der Waals surface area contributed by atoms with Crippen LogP contribution in [0, 0.1) is 10.8 Å². The van der Waals surface area contributed by atoms with Crippen LogP contribution in [0.2, 0.25) is 0 Å². The van der Waals surface area contributed by atoms with Gasteiger partial charge in [0, 0.05) is 19.1 Å². The molecular formula is C15H28N2O3. The Morgan fingerprint density at radius 2 is 1.95 bits per heavy atom. The molecule has 0 saturated carbocycles. The maximum atomic E-state index is 12.2. The number of nitrogens with zero attached hydrogens (tertiary/aromatic N) is 1. The molecule has 1 saturated heterocycles. The van der Waals surface area contributed by atoms with Crippen molar-refractivity contribution >= 4 is 12.0 Å². The molecule has 5 heteroatoms. The Hall–Kier alpha value is -1.26. The minimum absolute atomic E-state index is 0.0162. The molecule has 20 heavy (non-hydrogen) atoms. The van der Waals surface area contributed by atoms with Crippen molar-refractivity contribution in [3.63, 3.8) is 0 Å². The van der Waals surface area contributed by atoms with Crippen LogP contribution in [0.1, 0.15) is 53.9 Å². The molecule has 116 valence electrons. The van der Waals surface area contributed by atoms with Gasteiger partial charge >= 0.3 is 12.0 Å². The molecule has 2 amide bonds. The van der Waals surface area contributed by atoms with E-state index in [1.54, 1.807) is 4.90 Å². The zero-order chi connectivity index (χ0) is 15.6. The predicted octanol–water partition coefficient (Wildman–Crippen LogP) is 2.71. The lowest BCUT2D eigenvalue weighted by Gasteiger charge is -2.28. The second kappa shape index (κ2) is 6.02. The Bertz CT molecular complexity index is 372. The van der Waals surface area contributed by atoms with Gasteiger partial charge in [-0.25, -0.2) is 4.79 Å². The number of aliphatic carboxylic acids is 1. The fourth-order valence-electron chi connectivity index (χ4n) is 2.68. The summed E-state index contributed by atoms with van der Waals surface area (Å²) in [4.78, 5) is 25.0. The van der Waals surface area contributed by atoms with Crippen molar-refractivity contribution < 1.29 is 14.7 Å². The quantitative estimate of drug-likeness (QED) is 0.834. The highest BCUT2D eigenvalue weighted by Crippen LogP contribution is 2.29. The average Bonchev–Trinajstić information content (AvgIpc) is 2.55. The summed E-state index contributed by atoms with van der Waals surface area (Å²) < 4.78 is 0. The van der Waals surface area contributed by atoms with Gasteiger partial charge < -0.3 is 15.3 Å². The van der Waals surface area contributed by atoms with E-state index in [1.165, 1.54) is 0 Å². The van der Waals surface area contributed by atoms with E-state index >= 15 is 0 Å². The van der Waals surface area contributed by atoms with Gasteiger partial charge in [0.05, 0.1) is 6.42 Å². The van der Waals surface area contributed by atoms with E-state index in [0.717, 1.165) is 19.5 Å². The lowest BCUT2D eigenvalue weighted by molar-refractivity contribution is -0.137. The van der Waals surface area contributed by atoms with Crippen LogP contribution in [0.3, 0.4) is 0 Å². The first-order valence-corrected chi connectivity index (χ1v) is 7.26. The molecular weight excluding hydrogens is 256 g/mol. The monoisotopic (exact) mass is 284 g/mol. The van der Waals surface area contributed by atoms with E-state index in [9.17, 15) is 9.59 Å². The van der Waals surface area contributed by atoms with E-state index in [2.05, 4.69) is 19.2 Å². The van der Waals surface area contributed by atoms with Crippen LogP contribution in [0.5, 0.6) is 0 Å². The van der Waals surface area contributed by atoms with Crippen LogP contribution in [0.15, 0.2) is 0 Å². The van der Waals surface area contributed by atoms with Crippen molar-refractivity contribution in [2.45, 2.75) is 59.9 Å². The topological polar surface area (TPSA) is 69.6 Å². The summed E-state index contributed by atoms with van der Waals surface area (Å²) in [6.45, 7) is 11.9. The summed E-state index contributed by atoms with van der Waals surface area (Å²) >= 11 is 0. The third-order valence-corrected chi connectivity index (χ3v) is 3.57. The number of carbonyl (C=O) groups excluding carboxylic acids is 1. The van der Waals surface area contributed by atoms with Crippen LogP contribution in [-0.2, 0) is 4.79 Å². The zero-order valence-corrected chi connectivity index (χ0v) is 13.3. The number of carboxylic acids is 1. The van der Waals surface area contributed by atoms with Crippen LogP contribution in [0.25, 0.3) is 0 Å². The average molecular weight is 284 g/mol. The lowest BCUT2D eigenvalue weighted by Crippen LogP contribution is -2.46. The minimum atomic E-state index is -0.874. The SMILES string of the molecule is CC(C)(C)CC(CC(=O)O)NC(=O)N1CCC(C)(C)C1. The van der Waals surface area contributed by atoms with Gasteiger partial charge in [0.15, 0.2) is 0 Å². The molecule has 1 atom stereocenters. The smallest absolute Gasteiger partial charge is 0.317 e. The number of likely N-dealkylation sites (tertiary alicyclic amines) is 1. The molecule has 0 aromatic carbocycles. The number of carboxylic acid groups (broad SMARTS) is 1. The maximum absolute atomic E-state index is 12.2. The predicted molar refractivity (Wildman–Crippen MR) is 78.6 cm³/mol. The number of nitrogens with one attached hydrogen (secondary N) is 1. The second-order valence-corrected chi connectivity index (χ2v) is 7.84. The van der Waals surface area contributed by atoms with E-state index < -0.39 is 5.97 Å². The molecule has 1 unspecified atom stereocenters. The first kappa shape index (κ1) is 16.8. The first-order valence-electron chi connectivity index (χ1n) is 7.26. The number of hydrogen-bond donors (Lipinski definition) is 2. The fourth-order valence-corrected chi connectivity index (χ4v) is 2.68. The van der Waals surface area contributed by atoms with E-state index in [4.69, 9.17) is 5.11 Å². The highest BCUT2D eigenvalue weighted by atomic mass is 16.4. The van der Waals surface area contributed by atoms with Gasteiger partial charge in [0.2, 0.25) is 0 Å². The second-order valence-electron chi connectivity index (χ2n) is 7.84. The molecule has 5 nitrogen and oxygen atoms in total. The molecule has 2 N–H and O–H groups in total. The summed E-state index contributed by atoms with van der Waals surface area (Å²) in [5, 5.41) is 11.9. The number of hydrogen-bond acceptors (Lipinski definition) is 2. The highest BCUT2D eigenvalue weighted by Gasteiger charge is 2.33. The number of urea groups is 1. The van der Waals surface area contributed by atoms with Gasteiger partial charge in [0.25, 0.3) is 0 Å².